The highest BCUT2D eigenvalue weighted by atomic mass is 16.5. The van der Waals surface area contributed by atoms with Crippen molar-refractivity contribution in [3.05, 3.63) is 12.7 Å². The molecule has 4 nitrogen and oxygen atoms in total. The lowest BCUT2D eigenvalue weighted by molar-refractivity contribution is 0.0311. The molecule has 0 amide bonds. The number of guanidine groups is 1. The highest BCUT2D eigenvalue weighted by molar-refractivity contribution is 5.79. The minimum absolute atomic E-state index is 0.226. The molecule has 0 aromatic carbocycles. The number of ether oxygens (including phenoxy) is 1. The topological polar surface area (TPSA) is 45.7 Å². The molecule has 0 spiro atoms. The van der Waals surface area contributed by atoms with Gasteiger partial charge in [-0.15, -0.1) is 6.58 Å². The predicted molar refractivity (Wildman–Crippen MR) is 65.3 cm³/mol. The fraction of sp³-hybridized carbons (Fsp3) is 0.727. The Hall–Kier alpha value is -1.03. The lowest BCUT2D eigenvalue weighted by Gasteiger charge is -2.21. The van der Waals surface area contributed by atoms with E-state index >= 15 is 0 Å². The summed E-state index contributed by atoms with van der Waals surface area (Å²) in [5.74, 6) is 0.794. The Morgan fingerprint density at radius 2 is 2.13 bits per heavy atom. The van der Waals surface area contributed by atoms with E-state index in [2.05, 4.69) is 22.2 Å². The molecule has 2 N–H and O–H groups in total. The summed E-state index contributed by atoms with van der Waals surface area (Å²) >= 11 is 0. The maximum atomic E-state index is 5.29. The fourth-order valence-electron chi connectivity index (χ4n) is 0.845. The smallest absolute Gasteiger partial charge is 0.191 e. The average Bonchev–Trinajstić information content (AvgIpc) is 2.22. The van der Waals surface area contributed by atoms with Gasteiger partial charge in [0, 0.05) is 20.2 Å². The number of nitrogens with one attached hydrogen (secondary N) is 2. The van der Waals surface area contributed by atoms with Crippen LogP contribution < -0.4 is 10.6 Å². The minimum Gasteiger partial charge on any atom is -0.377 e. The van der Waals surface area contributed by atoms with E-state index in [9.17, 15) is 0 Å². The van der Waals surface area contributed by atoms with Gasteiger partial charge in [0.15, 0.2) is 5.96 Å². The van der Waals surface area contributed by atoms with Crippen LogP contribution in [0.25, 0.3) is 0 Å². The third-order valence-corrected chi connectivity index (χ3v) is 1.93. The first kappa shape index (κ1) is 14.0. The van der Waals surface area contributed by atoms with E-state index in [1.54, 1.807) is 13.2 Å². The Morgan fingerprint density at radius 1 is 1.47 bits per heavy atom. The standard InChI is InChI=1S/C11H23N3O/c1-6-8-13-10(12-7-2)14-9-11(3,4)15-5/h6H,1,7-9H2,2-5H3,(H2,12,13,14). The van der Waals surface area contributed by atoms with Crippen LogP contribution in [0.2, 0.25) is 0 Å². The molecule has 0 radical (unpaired) electrons. The van der Waals surface area contributed by atoms with Crippen molar-refractivity contribution in [2.45, 2.75) is 26.4 Å². The van der Waals surface area contributed by atoms with Gasteiger partial charge < -0.3 is 15.4 Å². The summed E-state index contributed by atoms with van der Waals surface area (Å²) in [7, 11) is 1.69. The molecule has 0 aliphatic rings. The number of methoxy groups -OCH3 is 1. The zero-order chi connectivity index (χ0) is 11.7. The zero-order valence-corrected chi connectivity index (χ0v) is 10.3. The van der Waals surface area contributed by atoms with Gasteiger partial charge in [-0.2, -0.15) is 0 Å². The van der Waals surface area contributed by atoms with E-state index in [1.807, 2.05) is 20.8 Å². The van der Waals surface area contributed by atoms with Gasteiger partial charge in [-0.25, -0.2) is 0 Å². The highest BCUT2D eigenvalue weighted by Crippen LogP contribution is 2.06. The van der Waals surface area contributed by atoms with Gasteiger partial charge in [0.1, 0.15) is 0 Å². The van der Waals surface area contributed by atoms with Gasteiger partial charge in [0.05, 0.1) is 12.1 Å². The van der Waals surface area contributed by atoms with Gasteiger partial charge in [-0.3, -0.25) is 4.99 Å². The normalized spacial score (nSPS) is 12.4. The molecule has 0 aliphatic heterocycles. The number of rotatable bonds is 6. The molecule has 0 bridgehead atoms. The molecule has 0 fully saturated rings. The molecule has 0 unspecified atom stereocenters. The first-order valence-corrected chi connectivity index (χ1v) is 5.24. The van der Waals surface area contributed by atoms with Gasteiger partial charge in [0.2, 0.25) is 0 Å². The quantitative estimate of drug-likeness (QED) is 0.395. The summed E-state index contributed by atoms with van der Waals surface area (Å²) < 4.78 is 5.29. The van der Waals surface area contributed by atoms with Gasteiger partial charge >= 0.3 is 0 Å². The summed E-state index contributed by atoms with van der Waals surface area (Å²) in [5.41, 5.74) is -0.226. The Bertz CT molecular complexity index is 212. The summed E-state index contributed by atoms with van der Waals surface area (Å²) in [6.07, 6.45) is 1.80. The second-order valence-corrected chi connectivity index (χ2v) is 3.83. The fourth-order valence-corrected chi connectivity index (χ4v) is 0.845. The Balaban J connectivity index is 4.20. The monoisotopic (exact) mass is 213 g/mol. The van der Waals surface area contributed by atoms with Gasteiger partial charge in [-0.05, 0) is 20.8 Å². The van der Waals surface area contributed by atoms with Crippen molar-refractivity contribution in [3.8, 4) is 0 Å². The first-order chi connectivity index (χ1) is 7.05. The average molecular weight is 213 g/mol. The van der Waals surface area contributed by atoms with E-state index in [0.29, 0.717) is 13.1 Å². The number of nitrogens with zero attached hydrogens (tertiary/aromatic N) is 1. The molecule has 0 saturated heterocycles. The van der Waals surface area contributed by atoms with Crippen LogP contribution >= 0.6 is 0 Å². The zero-order valence-electron chi connectivity index (χ0n) is 10.3. The van der Waals surface area contributed by atoms with Crippen LogP contribution in [-0.4, -0.2) is 38.3 Å². The van der Waals surface area contributed by atoms with E-state index in [0.717, 1.165) is 12.5 Å². The van der Waals surface area contributed by atoms with E-state index < -0.39 is 0 Å². The molecule has 0 aromatic rings. The van der Waals surface area contributed by atoms with Gasteiger partial charge in [0.25, 0.3) is 0 Å². The molecule has 0 heterocycles. The molecule has 0 saturated carbocycles. The molecule has 0 aliphatic carbocycles. The maximum absolute atomic E-state index is 5.29. The molecule has 0 rings (SSSR count). The van der Waals surface area contributed by atoms with Crippen LogP contribution in [0, 0.1) is 0 Å². The number of hydrogen-bond donors (Lipinski definition) is 2. The highest BCUT2D eigenvalue weighted by Gasteiger charge is 2.15. The number of aliphatic imine (C=N–C) groups is 1. The maximum Gasteiger partial charge on any atom is 0.191 e. The molecule has 4 heteroatoms. The Morgan fingerprint density at radius 3 is 2.60 bits per heavy atom. The van der Waals surface area contributed by atoms with Gasteiger partial charge in [-0.1, -0.05) is 6.08 Å². The first-order valence-electron chi connectivity index (χ1n) is 5.24. The van der Waals surface area contributed by atoms with E-state index in [-0.39, 0.29) is 5.60 Å². The van der Waals surface area contributed by atoms with Crippen molar-refractivity contribution in [3.63, 3.8) is 0 Å². The molecule has 0 atom stereocenters. The van der Waals surface area contributed by atoms with Crippen LogP contribution in [0.3, 0.4) is 0 Å². The van der Waals surface area contributed by atoms with E-state index in [4.69, 9.17) is 4.74 Å². The van der Waals surface area contributed by atoms with Crippen LogP contribution in [-0.2, 0) is 4.74 Å². The van der Waals surface area contributed by atoms with Crippen molar-refractivity contribution in [2.75, 3.05) is 26.7 Å². The molecular weight excluding hydrogens is 190 g/mol. The lowest BCUT2D eigenvalue weighted by Crippen LogP contribution is -2.39. The second-order valence-electron chi connectivity index (χ2n) is 3.83. The summed E-state index contributed by atoms with van der Waals surface area (Å²) in [6, 6.07) is 0. The number of hydrogen-bond acceptors (Lipinski definition) is 2. The summed E-state index contributed by atoms with van der Waals surface area (Å²) in [6.45, 7) is 11.9. The van der Waals surface area contributed by atoms with Crippen LogP contribution in [0.1, 0.15) is 20.8 Å². The van der Waals surface area contributed by atoms with Crippen LogP contribution in [0.4, 0.5) is 0 Å². The second kappa shape index (κ2) is 7.29. The molecule has 15 heavy (non-hydrogen) atoms. The lowest BCUT2D eigenvalue weighted by atomic mass is 10.1. The van der Waals surface area contributed by atoms with Crippen molar-refractivity contribution in [1.29, 1.82) is 0 Å². The summed E-state index contributed by atoms with van der Waals surface area (Å²) in [4.78, 5) is 4.42. The van der Waals surface area contributed by atoms with E-state index in [1.165, 1.54) is 0 Å². The molecule has 88 valence electrons. The van der Waals surface area contributed by atoms with Crippen molar-refractivity contribution >= 4 is 5.96 Å². The predicted octanol–water partition coefficient (Wildman–Crippen LogP) is 1.15. The Labute approximate surface area is 92.8 Å². The summed E-state index contributed by atoms with van der Waals surface area (Å²) in [5, 5.41) is 6.28. The molecule has 0 aromatic heterocycles. The Kier molecular flexibility index (Phi) is 6.79. The van der Waals surface area contributed by atoms with Crippen molar-refractivity contribution in [2.24, 2.45) is 4.99 Å². The third-order valence-electron chi connectivity index (χ3n) is 1.93. The van der Waals surface area contributed by atoms with Crippen molar-refractivity contribution < 1.29 is 4.74 Å². The third kappa shape index (κ3) is 6.96. The molecular formula is C11H23N3O. The SMILES string of the molecule is C=CCNC(=NCC(C)(C)OC)NCC. The largest absolute Gasteiger partial charge is 0.377 e. The van der Waals surface area contributed by atoms with Crippen molar-refractivity contribution in [1.82, 2.24) is 10.6 Å². The van der Waals surface area contributed by atoms with Crippen LogP contribution in [0.5, 0.6) is 0 Å². The minimum atomic E-state index is -0.226. The van der Waals surface area contributed by atoms with Crippen LogP contribution in [0.15, 0.2) is 17.6 Å².